The Morgan fingerprint density at radius 1 is 1.13 bits per heavy atom. The van der Waals surface area contributed by atoms with Gasteiger partial charge < -0.3 is 14.4 Å². The number of benzene rings is 2. The molecule has 1 heterocycles. The van der Waals surface area contributed by atoms with Crippen LogP contribution in [0.4, 0.5) is 0 Å². The maximum atomic E-state index is 12.2. The van der Waals surface area contributed by atoms with E-state index < -0.39 is 5.97 Å². The lowest BCUT2D eigenvalue weighted by atomic mass is 10.1. The Kier molecular flexibility index (Phi) is 6.32. The molecule has 0 fully saturated rings. The molecule has 0 aliphatic rings. The smallest absolute Gasteiger partial charge is 0.337 e. The summed E-state index contributed by atoms with van der Waals surface area (Å²) in [5.41, 5.74) is 6.63. The third-order valence-electron chi connectivity index (χ3n) is 4.74. The predicted octanol–water partition coefficient (Wildman–Crippen LogP) is 3.49. The van der Waals surface area contributed by atoms with Crippen LogP contribution in [0.5, 0.6) is 5.75 Å². The summed E-state index contributed by atoms with van der Waals surface area (Å²) in [6.45, 7) is 3.77. The molecule has 0 saturated carbocycles. The Hall–Kier alpha value is -3.87. The molecule has 0 aliphatic heterocycles. The molecule has 30 heavy (non-hydrogen) atoms. The second-order valence-electron chi connectivity index (χ2n) is 6.81. The van der Waals surface area contributed by atoms with E-state index in [4.69, 9.17) is 4.74 Å². The second kappa shape index (κ2) is 9.09. The molecule has 7 nitrogen and oxygen atoms in total. The summed E-state index contributed by atoms with van der Waals surface area (Å²) in [5, 5.41) is 13.5. The average Bonchev–Trinajstić information content (AvgIpc) is 3.01. The fourth-order valence-electron chi connectivity index (χ4n) is 3.32. The van der Waals surface area contributed by atoms with Gasteiger partial charge >= 0.3 is 5.97 Å². The molecule has 7 heteroatoms. The lowest BCUT2D eigenvalue weighted by Crippen LogP contribution is -2.19. The number of nitrogens with zero attached hydrogens (tertiary/aromatic N) is 2. The maximum absolute atomic E-state index is 12.2. The summed E-state index contributed by atoms with van der Waals surface area (Å²) >= 11 is 0. The monoisotopic (exact) mass is 405 g/mol. The van der Waals surface area contributed by atoms with E-state index in [2.05, 4.69) is 10.5 Å². The van der Waals surface area contributed by atoms with E-state index in [-0.39, 0.29) is 17.9 Å². The number of para-hydroxylation sites is 1. The molecule has 0 atom stereocenters. The van der Waals surface area contributed by atoms with Gasteiger partial charge in [-0.1, -0.05) is 24.3 Å². The minimum absolute atomic E-state index is 0.180. The zero-order valence-electron chi connectivity index (χ0n) is 17.0. The molecule has 1 amide bonds. The summed E-state index contributed by atoms with van der Waals surface area (Å²) in [5.74, 6) is -0.541. The molecule has 3 aromatic rings. The van der Waals surface area contributed by atoms with Crippen molar-refractivity contribution in [2.75, 3.05) is 7.11 Å². The van der Waals surface area contributed by atoms with Gasteiger partial charge in [0.05, 0.1) is 31.0 Å². The van der Waals surface area contributed by atoms with E-state index in [1.807, 2.05) is 42.7 Å². The van der Waals surface area contributed by atoms with Crippen molar-refractivity contribution in [2.24, 2.45) is 5.10 Å². The zero-order valence-corrected chi connectivity index (χ0v) is 17.0. The lowest BCUT2D eigenvalue weighted by molar-refractivity contribution is -0.120. The molecular weight excluding hydrogens is 382 g/mol. The van der Waals surface area contributed by atoms with Crippen LogP contribution >= 0.6 is 0 Å². The van der Waals surface area contributed by atoms with Crippen molar-refractivity contribution in [3.05, 3.63) is 82.7 Å². The summed E-state index contributed by atoms with van der Waals surface area (Å²) in [4.78, 5) is 23.7. The van der Waals surface area contributed by atoms with Crippen LogP contribution < -0.4 is 10.2 Å². The molecule has 0 radical (unpaired) electrons. The zero-order chi connectivity index (χ0) is 21.7. The highest BCUT2D eigenvalue weighted by Gasteiger charge is 2.16. The van der Waals surface area contributed by atoms with Gasteiger partial charge in [-0.25, -0.2) is 10.2 Å². The van der Waals surface area contributed by atoms with Crippen molar-refractivity contribution in [3.63, 3.8) is 0 Å². The SMILES string of the molecule is COc1cccc(CC(=O)N/N=C/c2cc(C)n(-c3ccccc3C(=O)O)c2C)c1. The van der Waals surface area contributed by atoms with Crippen molar-refractivity contribution >= 4 is 18.1 Å². The Labute approximate surface area is 174 Å². The number of nitrogens with one attached hydrogen (secondary N) is 1. The number of carboxylic acids is 1. The molecule has 3 rings (SSSR count). The number of carboxylic acid groups (broad SMARTS) is 1. The first-order chi connectivity index (χ1) is 14.4. The third kappa shape index (κ3) is 4.57. The number of aromatic carboxylic acids is 1. The van der Waals surface area contributed by atoms with E-state index in [0.29, 0.717) is 11.4 Å². The molecule has 2 N–H and O–H groups in total. The highest BCUT2D eigenvalue weighted by molar-refractivity contribution is 5.92. The van der Waals surface area contributed by atoms with E-state index in [1.165, 1.54) is 0 Å². The van der Waals surface area contributed by atoms with Gasteiger partial charge in [-0.2, -0.15) is 5.10 Å². The van der Waals surface area contributed by atoms with Crippen molar-refractivity contribution in [1.82, 2.24) is 9.99 Å². The molecule has 0 aliphatic carbocycles. The van der Waals surface area contributed by atoms with E-state index in [0.717, 1.165) is 22.5 Å². The van der Waals surface area contributed by atoms with Gasteiger partial charge in [0.15, 0.2) is 0 Å². The fourth-order valence-corrected chi connectivity index (χ4v) is 3.32. The second-order valence-corrected chi connectivity index (χ2v) is 6.81. The highest BCUT2D eigenvalue weighted by atomic mass is 16.5. The Morgan fingerprint density at radius 2 is 1.90 bits per heavy atom. The molecular formula is C23H23N3O4. The molecule has 154 valence electrons. The first kappa shape index (κ1) is 20.9. The number of methoxy groups -OCH3 is 1. The first-order valence-corrected chi connectivity index (χ1v) is 9.37. The lowest BCUT2D eigenvalue weighted by Gasteiger charge is -2.12. The van der Waals surface area contributed by atoms with Crippen LogP contribution in [0.1, 0.15) is 32.9 Å². The van der Waals surface area contributed by atoms with Crippen molar-refractivity contribution in [1.29, 1.82) is 0 Å². The average molecular weight is 405 g/mol. The van der Waals surface area contributed by atoms with Crippen molar-refractivity contribution in [3.8, 4) is 11.4 Å². The van der Waals surface area contributed by atoms with Crippen molar-refractivity contribution in [2.45, 2.75) is 20.3 Å². The number of ether oxygens (including phenoxy) is 1. The van der Waals surface area contributed by atoms with Crippen LogP contribution in [0.3, 0.4) is 0 Å². The third-order valence-corrected chi connectivity index (χ3v) is 4.74. The Bertz CT molecular complexity index is 1120. The van der Waals surface area contributed by atoms with Gasteiger partial charge in [0, 0.05) is 17.0 Å². The summed E-state index contributed by atoms with van der Waals surface area (Å²) in [7, 11) is 1.58. The number of hydrogen-bond donors (Lipinski definition) is 2. The van der Waals surface area contributed by atoms with Gasteiger partial charge in [-0.3, -0.25) is 4.79 Å². The first-order valence-electron chi connectivity index (χ1n) is 9.37. The van der Waals surface area contributed by atoms with Crippen LogP contribution in [-0.4, -0.2) is 34.9 Å². The van der Waals surface area contributed by atoms with E-state index >= 15 is 0 Å². The Morgan fingerprint density at radius 3 is 2.63 bits per heavy atom. The van der Waals surface area contributed by atoms with Crippen molar-refractivity contribution < 1.29 is 19.4 Å². The van der Waals surface area contributed by atoms with E-state index in [9.17, 15) is 14.7 Å². The maximum Gasteiger partial charge on any atom is 0.337 e. The highest BCUT2D eigenvalue weighted by Crippen LogP contribution is 2.23. The standard InChI is InChI=1S/C23H23N3O4/c1-15-11-18(16(2)26(15)21-10-5-4-9-20(21)23(28)29)14-24-25-22(27)13-17-7-6-8-19(12-17)30-3/h4-12,14H,13H2,1-3H3,(H,25,27)(H,28,29)/b24-14+. The number of hydrazone groups is 1. The minimum atomic E-state index is -0.988. The molecule has 0 saturated heterocycles. The topological polar surface area (TPSA) is 92.9 Å². The number of aryl methyl sites for hydroxylation is 1. The van der Waals surface area contributed by atoms with Crippen LogP contribution in [0, 0.1) is 13.8 Å². The predicted molar refractivity (Wildman–Crippen MR) is 115 cm³/mol. The number of amides is 1. The molecule has 2 aromatic carbocycles. The Balaban J connectivity index is 1.75. The number of aromatic nitrogens is 1. The number of carbonyl (C=O) groups excluding carboxylic acids is 1. The quantitative estimate of drug-likeness (QED) is 0.465. The van der Waals surface area contributed by atoms with E-state index in [1.54, 1.807) is 43.7 Å². The van der Waals surface area contributed by atoms with Gasteiger partial charge in [-0.15, -0.1) is 0 Å². The molecule has 0 bridgehead atoms. The normalized spacial score (nSPS) is 10.9. The van der Waals surface area contributed by atoms with Gasteiger partial charge in [0.25, 0.3) is 0 Å². The molecule has 0 unspecified atom stereocenters. The van der Waals surface area contributed by atoms with Crippen LogP contribution in [-0.2, 0) is 11.2 Å². The van der Waals surface area contributed by atoms with Crippen LogP contribution in [0.15, 0.2) is 59.7 Å². The van der Waals surface area contributed by atoms with Gasteiger partial charge in [0.2, 0.25) is 5.91 Å². The summed E-state index contributed by atoms with van der Waals surface area (Å²) in [6.07, 6.45) is 1.74. The van der Waals surface area contributed by atoms with Gasteiger partial charge in [-0.05, 0) is 49.7 Å². The number of carbonyl (C=O) groups is 2. The van der Waals surface area contributed by atoms with Crippen LogP contribution in [0.25, 0.3) is 5.69 Å². The molecule has 1 aromatic heterocycles. The molecule has 0 spiro atoms. The fraction of sp³-hybridized carbons (Fsp3) is 0.174. The van der Waals surface area contributed by atoms with Crippen LogP contribution in [0.2, 0.25) is 0 Å². The largest absolute Gasteiger partial charge is 0.497 e. The number of rotatable bonds is 7. The summed E-state index contributed by atoms with van der Waals surface area (Å²) in [6, 6.07) is 16.0. The number of hydrogen-bond acceptors (Lipinski definition) is 4. The van der Waals surface area contributed by atoms with Gasteiger partial charge in [0.1, 0.15) is 5.75 Å². The summed E-state index contributed by atoms with van der Waals surface area (Å²) < 4.78 is 7.03. The minimum Gasteiger partial charge on any atom is -0.497 e.